The summed E-state index contributed by atoms with van der Waals surface area (Å²) < 4.78 is 7.85. The summed E-state index contributed by atoms with van der Waals surface area (Å²) in [5.74, 6) is -0.235. The Morgan fingerprint density at radius 2 is 1.73 bits per heavy atom. The number of rotatable bonds is 10. The second-order valence-corrected chi connectivity index (χ2v) is 11.1. The fourth-order valence-corrected chi connectivity index (χ4v) is 5.11. The number of nitrogens with one attached hydrogen (secondary N) is 1. The first-order chi connectivity index (χ1) is 19.0. The molecule has 0 bridgehead atoms. The molecule has 0 fully saturated rings. The second-order valence-electron chi connectivity index (χ2n) is 10.7. The number of aryl methyl sites for hydroxylation is 1. The summed E-state index contributed by atoms with van der Waals surface area (Å²) in [7, 11) is 0. The van der Waals surface area contributed by atoms with Crippen LogP contribution in [0.3, 0.4) is 0 Å². The standard InChI is InChI=1S/C33H37ClN2O4/c1-7-31(33(38)39)40-27-12-13-29(34)26(16-27)18-36-22(6)20(4)28-17-25(11-14-30(28)36)32(37)35-21(5)24-10-8-9-23(15-24)19(2)3/h8-17,19,21,31H,7,18H2,1-6H3,(H,35,37)(H,38,39)/t21-,31-/m0/s1. The second kappa shape index (κ2) is 12.2. The summed E-state index contributed by atoms with van der Waals surface area (Å²) in [6.07, 6.45) is -0.566. The number of carboxylic acid groups (broad SMARTS) is 1. The molecule has 1 amide bonds. The molecule has 0 aliphatic heterocycles. The quantitative estimate of drug-likeness (QED) is 0.207. The minimum absolute atomic E-state index is 0.119. The van der Waals surface area contributed by atoms with Gasteiger partial charge in [0.25, 0.3) is 5.91 Å². The predicted molar refractivity (Wildman–Crippen MR) is 161 cm³/mol. The molecule has 3 aromatic carbocycles. The third-order valence-electron chi connectivity index (χ3n) is 7.60. The molecule has 0 aliphatic rings. The smallest absolute Gasteiger partial charge is 0.344 e. The van der Waals surface area contributed by atoms with Crippen LogP contribution in [0.4, 0.5) is 0 Å². The zero-order chi connectivity index (χ0) is 29.1. The van der Waals surface area contributed by atoms with E-state index in [1.165, 1.54) is 5.56 Å². The number of aliphatic carboxylic acids is 1. The normalized spacial score (nSPS) is 12.9. The minimum Gasteiger partial charge on any atom is -0.479 e. The number of halogens is 1. The third kappa shape index (κ3) is 6.18. The van der Waals surface area contributed by atoms with Gasteiger partial charge in [0.05, 0.1) is 6.04 Å². The molecular formula is C33H37ClN2O4. The fourth-order valence-electron chi connectivity index (χ4n) is 4.93. The van der Waals surface area contributed by atoms with Gasteiger partial charge in [-0.25, -0.2) is 4.79 Å². The van der Waals surface area contributed by atoms with Gasteiger partial charge < -0.3 is 19.7 Å². The molecule has 2 N–H and O–H groups in total. The van der Waals surface area contributed by atoms with Gasteiger partial charge in [0, 0.05) is 33.7 Å². The zero-order valence-electron chi connectivity index (χ0n) is 23.9. The molecule has 1 aromatic heterocycles. The van der Waals surface area contributed by atoms with E-state index < -0.39 is 12.1 Å². The zero-order valence-corrected chi connectivity index (χ0v) is 24.7. The molecule has 1 heterocycles. The van der Waals surface area contributed by atoms with Crippen LogP contribution >= 0.6 is 11.6 Å². The van der Waals surface area contributed by atoms with Crippen molar-refractivity contribution in [2.45, 2.75) is 72.6 Å². The van der Waals surface area contributed by atoms with Crippen LogP contribution in [0.15, 0.2) is 60.7 Å². The van der Waals surface area contributed by atoms with Crippen molar-refractivity contribution < 1.29 is 19.4 Å². The van der Waals surface area contributed by atoms with Crippen molar-refractivity contribution in [3.63, 3.8) is 0 Å². The molecule has 7 heteroatoms. The monoisotopic (exact) mass is 560 g/mol. The molecule has 0 saturated heterocycles. The minimum atomic E-state index is -1.000. The van der Waals surface area contributed by atoms with E-state index in [4.69, 9.17) is 16.3 Å². The van der Waals surface area contributed by atoms with E-state index in [1.807, 2.05) is 44.2 Å². The number of ether oxygens (including phenoxy) is 1. The Bertz CT molecular complexity index is 1560. The molecule has 40 heavy (non-hydrogen) atoms. The number of hydrogen-bond donors (Lipinski definition) is 2. The van der Waals surface area contributed by atoms with Crippen molar-refractivity contribution >= 4 is 34.4 Å². The maximum absolute atomic E-state index is 13.2. The highest BCUT2D eigenvalue weighted by atomic mass is 35.5. The lowest BCUT2D eigenvalue weighted by atomic mass is 9.98. The van der Waals surface area contributed by atoms with Crippen LogP contribution in [0.25, 0.3) is 10.9 Å². The first-order valence-electron chi connectivity index (χ1n) is 13.7. The van der Waals surface area contributed by atoms with Gasteiger partial charge in [-0.2, -0.15) is 0 Å². The van der Waals surface area contributed by atoms with Gasteiger partial charge in [-0.05, 0) is 91.8 Å². The highest BCUT2D eigenvalue weighted by Gasteiger charge is 2.19. The number of benzene rings is 3. The number of carbonyl (C=O) groups is 2. The van der Waals surface area contributed by atoms with Crippen LogP contribution in [0, 0.1) is 13.8 Å². The van der Waals surface area contributed by atoms with Gasteiger partial charge in [-0.15, -0.1) is 0 Å². The summed E-state index contributed by atoms with van der Waals surface area (Å²) in [5, 5.41) is 14.1. The van der Waals surface area contributed by atoms with E-state index >= 15 is 0 Å². The molecule has 4 rings (SSSR count). The number of nitrogens with zero attached hydrogens (tertiary/aromatic N) is 1. The van der Waals surface area contributed by atoms with Gasteiger partial charge in [-0.3, -0.25) is 4.79 Å². The Morgan fingerprint density at radius 1 is 1.00 bits per heavy atom. The topological polar surface area (TPSA) is 80.6 Å². The van der Waals surface area contributed by atoms with E-state index in [1.54, 1.807) is 25.1 Å². The van der Waals surface area contributed by atoms with E-state index in [0.717, 1.165) is 33.3 Å². The van der Waals surface area contributed by atoms with Crippen molar-refractivity contribution in [2.24, 2.45) is 0 Å². The van der Waals surface area contributed by atoms with E-state index in [2.05, 4.69) is 42.8 Å². The number of amides is 1. The van der Waals surface area contributed by atoms with Crippen molar-refractivity contribution in [1.29, 1.82) is 0 Å². The van der Waals surface area contributed by atoms with Crippen LogP contribution in [0.1, 0.15) is 84.4 Å². The third-order valence-corrected chi connectivity index (χ3v) is 7.97. The first-order valence-corrected chi connectivity index (χ1v) is 14.1. The van der Waals surface area contributed by atoms with Gasteiger partial charge in [0.1, 0.15) is 5.75 Å². The van der Waals surface area contributed by atoms with Crippen molar-refractivity contribution in [2.75, 3.05) is 0 Å². The van der Waals surface area contributed by atoms with Gasteiger partial charge in [-0.1, -0.05) is 56.6 Å². The number of fused-ring (bicyclic) bond motifs is 1. The molecular weight excluding hydrogens is 524 g/mol. The Labute approximate surface area is 240 Å². The van der Waals surface area contributed by atoms with Gasteiger partial charge in [0.15, 0.2) is 6.10 Å². The lowest BCUT2D eigenvalue weighted by molar-refractivity contribution is -0.145. The predicted octanol–water partition coefficient (Wildman–Crippen LogP) is 7.82. The van der Waals surface area contributed by atoms with Crippen LogP contribution in [-0.4, -0.2) is 27.7 Å². The van der Waals surface area contributed by atoms with Crippen LogP contribution in [-0.2, 0) is 11.3 Å². The molecule has 6 nitrogen and oxygen atoms in total. The van der Waals surface area contributed by atoms with E-state index in [-0.39, 0.29) is 11.9 Å². The van der Waals surface area contributed by atoms with Crippen molar-refractivity contribution in [3.8, 4) is 5.75 Å². The largest absolute Gasteiger partial charge is 0.479 e. The summed E-state index contributed by atoms with van der Waals surface area (Å²) >= 11 is 6.54. The SMILES string of the molecule is CC[C@H](Oc1ccc(Cl)c(Cn2c(C)c(C)c3cc(C(=O)N[C@@H](C)c4cccc(C(C)C)c4)ccc32)c1)C(=O)O. The molecule has 210 valence electrons. The average Bonchev–Trinajstić information content (AvgIpc) is 3.17. The van der Waals surface area contributed by atoms with Gasteiger partial charge >= 0.3 is 5.97 Å². The fraction of sp³-hybridized carbons (Fsp3) is 0.333. The van der Waals surface area contributed by atoms with E-state index in [9.17, 15) is 14.7 Å². The lowest BCUT2D eigenvalue weighted by Gasteiger charge is -2.17. The first kappa shape index (κ1) is 29.2. The van der Waals surface area contributed by atoms with Crippen molar-refractivity contribution in [3.05, 3.63) is 99.2 Å². The van der Waals surface area contributed by atoms with Crippen LogP contribution in [0.2, 0.25) is 5.02 Å². The highest BCUT2D eigenvalue weighted by molar-refractivity contribution is 6.31. The van der Waals surface area contributed by atoms with E-state index in [0.29, 0.717) is 35.2 Å². The molecule has 0 spiro atoms. The summed E-state index contributed by atoms with van der Waals surface area (Å²) in [4.78, 5) is 24.7. The number of hydrogen-bond acceptors (Lipinski definition) is 3. The molecule has 0 unspecified atom stereocenters. The summed E-state index contributed by atoms with van der Waals surface area (Å²) in [6, 6.07) is 19.2. The Kier molecular flexibility index (Phi) is 8.89. The van der Waals surface area contributed by atoms with Crippen LogP contribution < -0.4 is 10.1 Å². The molecule has 0 radical (unpaired) electrons. The highest BCUT2D eigenvalue weighted by Crippen LogP contribution is 2.31. The molecule has 4 aromatic rings. The van der Waals surface area contributed by atoms with Gasteiger partial charge in [0.2, 0.25) is 0 Å². The average molecular weight is 561 g/mol. The molecule has 0 saturated carbocycles. The summed E-state index contributed by atoms with van der Waals surface area (Å²) in [5.41, 5.74) is 6.88. The van der Waals surface area contributed by atoms with Crippen molar-refractivity contribution in [1.82, 2.24) is 9.88 Å². The number of carboxylic acids is 1. The number of carbonyl (C=O) groups excluding carboxylic acids is 1. The lowest BCUT2D eigenvalue weighted by Crippen LogP contribution is -2.26. The molecule has 0 aliphatic carbocycles. The molecule has 2 atom stereocenters. The maximum Gasteiger partial charge on any atom is 0.344 e. The maximum atomic E-state index is 13.2. The number of aromatic nitrogens is 1. The Hall–Kier alpha value is -3.77. The Morgan fingerprint density at radius 3 is 2.40 bits per heavy atom. The van der Waals surface area contributed by atoms with Crippen LogP contribution in [0.5, 0.6) is 5.75 Å². The Balaban J connectivity index is 1.59. The summed E-state index contributed by atoms with van der Waals surface area (Å²) in [6.45, 7) is 12.7.